The summed E-state index contributed by atoms with van der Waals surface area (Å²) in [5, 5.41) is 7.77. The molecule has 4 fully saturated rings. The van der Waals surface area contributed by atoms with E-state index in [0.29, 0.717) is 17.2 Å². The topological polar surface area (TPSA) is 82.5 Å². The van der Waals surface area contributed by atoms with Crippen molar-refractivity contribution >= 4 is 5.91 Å². The maximum absolute atomic E-state index is 12.9. The molecule has 0 saturated heterocycles. The molecule has 1 N–H and O–H groups in total. The summed E-state index contributed by atoms with van der Waals surface area (Å²) in [7, 11) is 0. The molecule has 4 saturated carbocycles. The summed E-state index contributed by atoms with van der Waals surface area (Å²) in [5.41, 5.74) is 1.09. The van der Waals surface area contributed by atoms with Gasteiger partial charge in [-0.1, -0.05) is 0 Å². The molecule has 1 aromatic heterocycles. The van der Waals surface area contributed by atoms with E-state index in [4.69, 9.17) is 9.47 Å². The van der Waals surface area contributed by atoms with Crippen LogP contribution in [0.4, 0.5) is 0 Å². The summed E-state index contributed by atoms with van der Waals surface area (Å²) >= 11 is 0. The minimum atomic E-state index is -0.278. The number of fused-ring (bicyclic) bond motifs is 1. The number of ether oxygens (including phenoxy) is 2. The quantitative estimate of drug-likeness (QED) is 0.843. The third-order valence-electron chi connectivity index (χ3n) is 7.27. The van der Waals surface area contributed by atoms with E-state index in [0.717, 1.165) is 42.6 Å². The van der Waals surface area contributed by atoms with E-state index in [2.05, 4.69) is 10.4 Å². The molecule has 7 heteroatoms. The molecule has 2 heterocycles. The Balaban J connectivity index is 1.21. The number of hydrogen-bond acceptors (Lipinski definition) is 5. The molecule has 5 aliphatic rings. The fraction of sp³-hybridized carbons (Fsp3) is 0.522. The molecule has 0 unspecified atom stereocenters. The van der Waals surface area contributed by atoms with Gasteiger partial charge in [-0.05, 0) is 80.5 Å². The molecule has 2 aromatic rings. The Labute approximate surface area is 174 Å². The van der Waals surface area contributed by atoms with Crippen molar-refractivity contribution in [2.24, 2.45) is 17.8 Å². The third-order valence-corrected chi connectivity index (χ3v) is 7.27. The summed E-state index contributed by atoms with van der Waals surface area (Å²) in [5.74, 6) is 3.51. The SMILES string of the molecule is O=C(Cn1nc(-c2ccc3c(c2)OCO3)ccc1=O)NC12CC3CC(CC(C3)C1)C2. The number of carbonyl (C=O) groups is 1. The highest BCUT2D eigenvalue weighted by molar-refractivity contribution is 5.76. The van der Waals surface area contributed by atoms with E-state index in [1.807, 2.05) is 18.2 Å². The number of hydrogen-bond donors (Lipinski definition) is 1. The van der Waals surface area contributed by atoms with Gasteiger partial charge in [0.2, 0.25) is 12.7 Å². The lowest BCUT2D eigenvalue weighted by molar-refractivity contribution is -0.127. The molecule has 7 nitrogen and oxygen atoms in total. The van der Waals surface area contributed by atoms with Crippen LogP contribution in [0.25, 0.3) is 11.3 Å². The lowest BCUT2D eigenvalue weighted by Crippen LogP contribution is -2.60. The number of aromatic nitrogens is 2. The van der Waals surface area contributed by atoms with Crippen LogP contribution in [0.15, 0.2) is 35.1 Å². The first-order valence-corrected chi connectivity index (χ1v) is 10.8. The highest BCUT2D eigenvalue weighted by atomic mass is 16.7. The minimum absolute atomic E-state index is 0.0566. The summed E-state index contributed by atoms with van der Waals surface area (Å²) in [6.45, 7) is 0.148. The van der Waals surface area contributed by atoms with Gasteiger partial charge >= 0.3 is 0 Å². The molecular weight excluding hydrogens is 382 g/mol. The van der Waals surface area contributed by atoms with E-state index in [1.165, 1.54) is 30.0 Å². The van der Waals surface area contributed by atoms with Crippen molar-refractivity contribution < 1.29 is 14.3 Å². The average Bonchev–Trinajstić information content (AvgIpc) is 3.16. The predicted molar refractivity (Wildman–Crippen MR) is 109 cm³/mol. The Kier molecular flexibility index (Phi) is 3.95. The fourth-order valence-corrected chi connectivity index (χ4v) is 6.51. The van der Waals surface area contributed by atoms with Crippen molar-refractivity contribution in [3.63, 3.8) is 0 Å². The molecule has 0 spiro atoms. The van der Waals surface area contributed by atoms with Crippen LogP contribution >= 0.6 is 0 Å². The number of carbonyl (C=O) groups excluding carboxylic acids is 1. The maximum Gasteiger partial charge on any atom is 0.267 e. The van der Waals surface area contributed by atoms with E-state index in [1.54, 1.807) is 6.07 Å². The van der Waals surface area contributed by atoms with Crippen LogP contribution in [0.2, 0.25) is 0 Å². The molecule has 1 amide bonds. The van der Waals surface area contributed by atoms with Gasteiger partial charge in [-0.3, -0.25) is 9.59 Å². The first-order valence-electron chi connectivity index (χ1n) is 10.8. The second kappa shape index (κ2) is 6.59. The Morgan fingerprint density at radius 1 is 1.03 bits per heavy atom. The maximum atomic E-state index is 12.9. The number of benzene rings is 1. The van der Waals surface area contributed by atoms with Crippen LogP contribution < -0.4 is 20.3 Å². The fourth-order valence-electron chi connectivity index (χ4n) is 6.51. The van der Waals surface area contributed by atoms with Gasteiger partial charge in [0.15, 0.2) is 11.5 Å². The van der Waals surface area contributed by atoms with Gasteiger partial charge in [-0.2, -0.15) is 5.10 Å². The molecule has 4 bridgehead atoms. The van der Waals surface area contributed by atoms with Crippen molar-refractivity contribution in [1.29, 1.82) is 0 Å². The van der Waals surface area contributed by atoms with Gasteiger partial charge in [-0.15, -0.1) is 0 Å². The molecule has 7 rings (SSSR count). The standard InChI is InChI=1S/C23H25N3O4/c27-21(24-23-9-14-5-15(10-23)7-16(6-14)11-23)12-26-22(28)4-2-18(25-26)17-1-3-19-20(8-17)30-13-29-19/h1-4,8,14-16H,5-7,9-13H2,(H,24,27). The van der Waals surface area contributed by atoms with Crippen LogP contribution in [-0.4, -0.2) is 28.0 Å². The van der Waals surface area contributed by atoms with E-state index in [9.17, 15) is 9.59 Å². The molecule has 0 radical (unpaired) electrons. The van der Waals surface area contributed by atoms with E-state index in [-0.39, 0.29) is 30.3 Å². The van der Waals surface area contributed by atoms with Crippen LogP contribution in [-0.2, 0) is 11.3 Å². The van der Waals surface area contributed by atoms with Crippen LogP contribution in [0.3, 0.4) is 0 Å². The third kappa shape index (κ3) is 3.07. The van der Waals surface area contributed by atoms with Gasteiger partial charge in [0, 0.05) is 17.2 Å². The molecule has 1 aliphatic heterocycles. The van der Waals surface area contributed by atoms with E-state index >= 15 is 0 Å². The summed E-state index contributed by atoms with van der Waals surface area (Å²) < 4.78 is 12.0. The number of rotatable bonds is 4. The van der Waals surface area contributed by atoms with Gasteiger partial charge in [0.1, 0.15) is 6.54 Å². The number of nitrogens with zero attached hydrogens (tertiary/aromatic N) is 2. The lowest BCUT2D eigenvalue weighted by Gasteiger charge is -2.56. The number of nitrogens with one attached hydrogen (secondary N) is 1. The molecule has 1 aromatic carbocycles. The summed E-state index contributed by atoms with van der Waals surface area (Å²) in [4.78, 5) is 25.3. The van der Waals surface area contributed by atoms with Crippen molar-refractivity contribution in [3.05, 3.63) is 40.7 Å². The second-order valence-electron chi connectivity index (χ2n) is 9.53. The molecule has 4 aliphatic carbocycles. The Morgan fingerprint density at radius 2 is 1.73 bits per heavy atom. The van der Waals surface area contributed by atoms with Crippen molar-refractivity contribution in [1.82, 2.24) is 15.1 Å². The highest BCUT2D eigenvalue weighted by Gasteiger charge is 2.51. The van der Waals surface area contributed by atoms with Crippen LogP contribution in [0.5, 0.6) is 11.5 Å². The summed E-state index contributed by atoms with van der Waals surface area (Å²) in [6.07, 6.45) is 7.24. The monoisotopic (exact) mass is 407 g/mol. The Hall–Kier alpha value is -2.83. The Morgan fingerprint density at radius 3 is 2.47 bits per heavy atom. The predicted octanol–water partition coefficient (Wildman–Crippen LogP) is 2.72. The first kappa shape index (κ1) is 18.0. The minimum Gasteiger partial charge on any atom is -0.454 e. The zero-order valence-electron chi connectivity index (χ0n) is 16.8. The zero-order valence-corrected chi connectivity index (χ0v) is 16.8. The largest absolute Gasteiger partial charge is 0.454 e. The first-order chi connectivity index (χ1) is 14.6. The average molecular weight is 407 g/mol. The van der Waals surface area contributed by atoms with Gasteiger partial charge < -0.3 is 14.8 Å². The second-order valence-corrected chi connectivity index (χ2v) is 9.53. The van der Waals surface area contributed by atoms with E-state index < -0.39 is 0 Å². The highest BCUT2D eigenvalue weighted by Crippen LogP contribution is 2.55. The van der Waals surface area contributed by atoms with Gasteiger partial charge in [-0.25, -0.2) is 4.68 Å². The molecular formula is C23H25N3O4. The van der Waals surface area contributed by atoms with Gasteiger partial charge in [0.25, 0.3) is 5.56 Å². The van der Waals surface area contributed by atoms with Crippen molar-refractivity contribution in [3.8, 4) is 22.8 Å². The Bertz CT molecular complexity index is 1040. The molecule has 0 atom stereocenters. The van der Waals surface area contributed by atoms with Gasteiger partial charge in [0.05, 0.1) is 5.69 Å². The van der Waals surface area contributed by atoms with Crippen LogP contribution in [0, 0.1) is 17.8 Å². The molecule has 30 heavy (non-hydrogen) atoms. The van der Waals surface area contributed by atoms with Crippen molar-refractivity contribution in [2.45, 2.75) is 50.6 Å². The lowest BCUT2D eigenvalue weighted by atomic mass is 9.53. The summed E-state index contributed by atoms with van der Waals surface area (Å²) in [6, 6.07) is 8.68. The number of amides is 1. The molecule has 156 valence electrons. The van der Waals surface area contributed by atoms with Crippen LogP contribution in [0.1, 0.15) is 38.5 Å². The normalized spacial score (nSPS) is 30.5. The zero-order chi connectivity index (χ0) is 20.3. The van der Waals surface area contributed by atoms with Crippen molar-refractivity contribution in [2.75, 3.05) is 6.79 Å². The smallest absolute Gasteiger partial charge is 0.267 e.